The molecule has 10 heteroatoms. The van der Waals surface area contributed by atoms with Crippen molar-refractivity contribution in [2.75, 3.05) is 26.8 Å². The minimum Gasteiger partial charge on any atom is -0.494 e. The second-order valence-electron chi connectivity index (χ2n) is 9.71. The van der Waals surface area contributed by atoms with E-state index in [-0.39, 0.29) is 31.1 Å². The average molecular weight is 517 g/mol. The van der Waals surface area contributed by atoms with Crippen LogP contribution in [0.15, 0.2) is 23.2 Å². The van der Waals surface area contributed by atoms with E-state index in [0.29, 0.717) is 43.5 Å². The molecule has 1 aromatic carbocycles. The molecule has 0 bridgehead atoms. The molecular formula is C27H40N4O6. The summed E-state index contributed by atoms with van der Waals surface area (Å²) in [6, 6.07) is 5.86. The van der Waals surface area contributed by atoms with Gasteiger partial charge in [-0.2, -0.15) is 0 Å². The Kier molecular flexibility index (Phi) is 10.6. The molecule has 1 aliphatic carbocycles. The highest BCUT2D eigenvalue weighted by atomic mass is 16.6. The highest BCUT2D eigenvalue weighted by Crippen LogP contribution is 2.30. The third kappa shape index (κ3) is 8.65. The van der Waals surface area contributed by atoms with E-state index in [9.17, 15) is 14.4 Å². The summed E-state index contributed by atoms with van der Waals surface area (Å²) in [5, 5.41) is 2.61. The summed E-state index contributed by atoms with van der Waals surface area (Å²) >= 11 is 0. The summed E-state index contributed by atoms with van der Waals surface area (Å²) in [5.41, 5.74) is 1.51. The molecule has 1 N–H and O–H groups in total. The number of fused-ring (bicyclic) bond motifs is 1. The zero-order chi connectivity index (χ0) is 26.8. The van der Waals surface area contributed by atoms with E-state index in [2.05, 4.69) is 10.3 Å². The van der Waals surface area contributed by atoms with Gasteiger partial charge >= 0.3 is 12.1 Å². The Hall–Kier alpha value is -3.30. The highest BCUT2D eigenvalue weighted by molar-refractivity contribution is 5.97. The molecule has 204 valence electrons. The SMILES string of the molecule is CCOC(=O)NC1=Nc2ccc(OCCCC(=O)N(C)C3CCCCC3)cc2CN1CC(=O)OC(C)C. The molecule has 1 aromatic rings. The molecule has 0 spiro atoms. The first-order valence-corrected chi connectivity index (χ1v) is 13.2. The van der Waals surface area contributed by atoms with Crippen LogP contribution in [0.1, 0.15) is 71.3 Å². The van der Waals surface area contributed by atoms with Crippen LogP contribution in [0.2, 0.25) is 0 Å². The van der Waals surface area contributed by atoms with Gasteiger partial charge in [-0.05, 0) is 58.2 Å². The molecule has 0 radical (unpaired) electrons. The zero-order valence-corrected chi connectivity index (χ0v) is 22.5. The number of ether oxygens (including phenoxy) is 3. The number of amides is 2. The van der Waals surface area contributed by atoms with Crippen molar-refractivity contribution in [3.63, 3.8) is 0 Å². The van der Waals surface area contributed by atoms with Gasteiger partial charge in [0.25, 0.3) is 0 Å². The summed E-state index contributed by atoms with van der Waals surface area (Å²) in [7, 11) is 1.91. The number of nitrogens with one attached hydrogen (secondary N) is 1. The number of carbonyl (C=O) groups is 3. The molecule has 1 saturated carbocycles. The van der Waals surface area contributed by atoms with Crippen LogP contribution in [0.4, 0.5) is 10.5 Å². The molecule has 2 aliphatic rings. The zero-order valence-electron chi connectivity index (χ0n) is 22.5. The van der Waals surface area contributed by atoms with Crippen molar-refractivity contribution in [1.82, 2.24) is 15.1 Å². The number of alkyl carbamates (subject to hydrolysis) is 1. The van der Waals surface area contributed by atoms with E-state index >= 15 is 0 Å². The van der Waals surface area contributed by atoms with E-state index in [1.54, 1.807) is 25.7 Å². The quantitative estimate of drug-likeness (QED) is 0.368. The number of benzene rings is 1. The number of hydrogen-bond acceptors (Lipinski definition) is 8. The summed E-state index contributed by atoms with van der Waals surface area (Å²) in [4.78, 5) is 45.0. The molecule has 0 unspecified atom stereocenters. The number of guanidine groups is 1. The predicted molar refractivity (Wildman–Crippen MR) is 140 cm³/mol. The first-order chi connectivity index (χ1) is 17.8. The Balaban J connectivity index is 1.58. The van der Waals surface area contributed by atoms with Gasteiger partial charge in [0.2, 0.25) is 11.9 Å². The molecule has 10 nitrogen and oxygen atoms in total. The number of hydrogen-bond donors (Lipinski definition) is 1. The van der Waals surface area contributed by atoms with Crippen molar-refractivity contribution < 1.29 is 28.6 Å². The van der Waals surface area contributed by atoms with Gasteiger partial charge in [0.05, 0.1) is 25.0 Å². The Labute approximate surface area is 219 Å². The summed E-state index contributed by atoms with van der Waals surface area (Å²) in [6.45, 7) is 6.16. The molecule has 1 fully saturated rings. The number of rotatable bonds is 10. The van der Waals surface area contributed by atoms with Crippen molar-refractivity contribution >= 4 is 29.6 Å². The van der Waals surface area contributed by atoms with Crippen molar-refractivity contribution in [1.29, 1.82) is 0 Å². The van der Waals surface area contributed by atoms with Crippen molar-refractivity contribution in [2.45, 2.75) is 84.4 Å². The Bertz CT molecular complexity index is 974. The predicted octanol–water partition coefficient (Wildman–Crippen LogP) is 4.14. The number of esters is 1. The van der Waals surface area contributed by atoms with Crippen molar-refractivity contribution in [3.8, 4) is 5.75 Å². The number of aliphatic imine (C=N–C) groups is 1. The molecule has 0 aromatic heterocycles. The maximum atomic E-state index is 12.6. The third-order valence-electron chi connectivity index (χ3n) is 6.43. The van der Waals surface area contributed by atoms with E-state index < -0.39 is 12.1 Å². The van der Waals surface area contributed by atoms with Crippen LogP contribution in [0.3, 0.4) is 0 Å². The van der Waals surface area contributed by atoms with Gasteiger partial charge in [0.15, 0.2) is 0 Å². The maximum Gasteiger partial charge on any atom is 0.413 e. The molecule has 3 rings (SSSR count). The standard InChI is InChI=1S/C27H40N4O6/c1-5-35-27(34)29-26-28-23-14-13-22(16-20(23)17-31(26)18-25(33)37-19(2)3)36-15-9-12-24(32)30(4)21-10-7-6-8-11-21/h13-14,16,19,21H,5-12,15,17-18H2,1-4H3,(H,28,29,34). The topological polar surface area (TPSA) is 110 Å². The van der Waals surface area contributed by atoms with Crippen LogP contribution >= 0.6 is 0 Å². The van der Waals surface area contributed by atoms with Crippen LogP contribution in [-0.4, -0.2) is 72.7 Å². The molecular weight excluding hydrogens is 476 g/mol. The fraction of sp³-hybridized carbons (Fsp3) is 0.630. The summed E-state index contributed by atoms with van der Waals surface area (Å²) < 4.78 is 16.2. The van der Waals surface area contributed by atoms with Crippen LogP contribution in [0.5, 0.6) is 5.75 Å². The molecule has 37 heavy (non-hydrogen) atoms. The average Bonchev–Trinajstić information content (AvgIpc) is 2.86. The minimum absolute atomic E-state index is 0.0788. The first kappa shape index (κ1) is 28.3. The molecule has 1 aliphatic heterocycles. The molecule has 2 amide bonds. The van der Waals surface area contributed by atoms with E-state index in [0.717, 1.165) is 18.4 Å². The Morgan fingerprint density at radius 3 is 2.65 bits per heavy atom. The normalized spacial score (nSPS) is 15.5. The van der Waals surface area contributed by atoms with Gasteiger partial charge in [-0.3, -0.25) is 14.9 Å². The van der Waals surface area contributed by atoms with Crippen molar-refractivity contribution in [2.24, 2.45) is 4.99 Å². The lowest BCUT2D eigenvalue weighted by atomic mass is 9.94. The monoisotopic (exact) mass is 516 g/mol. The van der Waals surface area contributed by atoms with Gasteiger partial charge in [0, 0.05) is 31.6 Å². The fourth-order valence-corrected chi connectivity index (χ4v) is 4.57. The second kappa shape index (κ2) is 13.9. The van der Waals surface area contributed by atoms with Gasteiger partial charge in [-0.25, -0.2) is 9.79 Å². The largest absolute Gasteiger partial charge is 0.494 e. The van der Waals surface area contributed by atoms with Gasteiger partial charge in [0.1, 0.15) is 12.3 Å². The van der Waals surface area contributed by atoms with Crippen molar-refractivity contribution in [3.05, 3.63) is 23.8 Å². The lowest BCUT2D eigenvalue weighted by molar-refractivity contribution is -0.147. The molecule has 0 atom stereocenters. The Morgan fingerprint density at radius 1 is 1.19 bits per heavy atom. The number of carbonyl (C=O) groups excluding carboxylic acids is 3. The first-order valence-electron chi connectivity index (χ1n) is 13.2. The van der Waals surface area contributed by atoms with E-state index in [4.69, 9.17) is 14.2 Å². The maximum absolute atomic E-state index is 12.6. The number of nitrogens with zero attached hydrogens (tertiary/aromatic N) is 3. The van der Waals surface area contributed by atoms with Crippen LogP contribution in [0.25, 0.3) is 0 Å². The van der Waals surface area contributed by atoms with E-state index in [1.807, 2.05) is 30.1 Å². The summed E-state index contributed by atoms with van der Waals surface area (Å²) in [6.07, 6.45) is 6.05. The highest BCUT2D eigenvalue weighted by Gasteiger charge is 2.25. The Morgan fingerprint density at radius 2 is 1.95 bits per heavy atom. The molecule has 1 heterocycles. The smallest absolute Gasteiger partial charge is 0.413 e. The fourth-order valence-electron chi connectivity index (χ4n) is 4.57. The van der Waals surface area contributed by atoms with Crippen LogP contribution < -0.4 is 10.1 Å². The minimum atomic E-state index is -0.643. The third-order valence-corrected chi connectivity index (χ3v) is 6.43. The van der Waals surface area contributed by atoms with Crippen LogP contribution in [-0.2, 0) is 25.6 Å². The van der Waals surface area contributed by atoms with Gasteiger partial charge in [-0.15, -0.1) is 0 Å². The van der Waals surface area contributed by atoms with Gasteiger partial charge in [-0.1, -0.05) is 19.3 Å². The van der Waals surface area contributed by atoms with Crippen LogP contribution in [0, 0.1) is 0 Å². The van der Waals surface area contributed by atoms with E-state index in [1.165, 1.54) is 19.3 Å². The lowest BCUT2D eigenvalue weighted by Gasteiger charge is -2.31. The molecule has 0 saturated heterocycles. The van der Waals surface area contributed by atoms with Gasteiger partial charge < -0.3 is 24.0 Å². The second-order valence-corrected chi connectivity index (χ2v) is 9.71. The summed E-state index contributed by atoms with van der Waals surface area (Å²) in [5.74, 6) is 0.627. The lowest BCUT2D eigenvalue weighted by Crippen LogP contribution is -2.47.